The van der Waals surface area contributed by atoms with Gasteiger partial charge in [-0.3, -0.25) is 0 Å². The third-order valence-corrected chi connectivity index (χ3v) is 7.24. The summed E-state index contributed by atoms with van der Waals surface area (Å²) < 4.78 is 27.4. The van der Waals surface area contributed by atoms with Gasteiger partial charge in [0.1, 0.15) is 4.21 Å². The fourth-order valence-electron chi connectivity index (χ4n) is 1.90. The maximum absolute atomic E-state index is 12.0. The van der Waals surface area contributed by atoms with E-state index in [1.54, 1.807) is 0 Å². The molecule has 1 saturated heterocycles. The summed E-state index contributed by atoms with van der Waals surface area (Å²) in [6.07, 6.45) is 3.11. The Bertz CT molecular complexity index is 492. The lowest BCUT2D eigenvalue weighted by molar-refractivity contribution is 0.540. The van der Waals surface area contributed by atoms with Gasteiger partial charge in [-0.15, -0.1) is 11.3 Å². The van der Waals surface area contributed by atoms with Crippen molar-refractivity contribution < 1.29 is 8.42 Å². The predicted octanol–water partition coefficient (Wildman–Crippen LogP) is 2.58. The van der Waals surface area contributed by atoms with Gasteiger partial charge in [-0.25, -0.2) is 13.1 Å². The number of thiophene rings is 1. The fourth-order valence-corrected chi connectivity index (χ4v) is 5.39. The van der Waals surface area contributed by atoms with Crippen molar-refractivity contribution in [3.05, 3.63) is 14.9 Å². The van der Waals surface area contributed by atoms with E-state index < -0.39 is 10.0 Å². The SMILES string of the molecule is O=S(=O)(NCCC1CCCN1)c1cc(Cl)c(Br)s1. The summed E-state index contributed by atoms with van der Waals surface area (Å²) in [5, 5.41) is 3.76. The second-order valence-corrected chi connectivity index (χ2v) is 8.94. The highest BCUT2D eigenvalue weighted by atomic mass is 79.9. The normalized spacial score (nSPS) is 20.4. The standard InChI is InChI=1S/C10H14BrClN2O2S2/c11-10-8(12)6-9(17-10)18(15,16)14-5-3-7-2-1-4-13-7/h6-7,13-14H,1-5H2. The van der Waals surface area contributed by atoms with Crippen LogP contribution >= 0.6 is 38.9 Å². The van der Waals surface area contributed by atoms with Crippen molar-refractivity contribution in [3.8, 4) is 0 Å². The summed E-state index contributed by atoms with van der Waals surface area (Å²) in [5.41, 5.74) is 0. The van der Waals surface area contributed by atoms with Crippen LogP contribution in [0.1, 0.15) is 19.3 Å². The lowest BCUT2D eigenvalue weighted by atomic mass is 10.2. The first kappa shape index (κ1) is 14.7. The average molecular weight is 374 g/mol. The Morgan fingerprint density at radius 2 is 2.39 bits per heavy atom. The summed E-state index contributed by atoms with van der Waals surface area (Å²) >= 11 is 10.2. The first-order valence-corrected chi connectivity index (χ1v) is 9.14. The minimum Gasteiger partial charge on any atom is -0.314 e. The van der Waals surface area contributed by atoms with Gasteiger partial charge in [0, 0.05) is 12.6 Å². The van der Waals surface area contributed by atoms with Crippen molar-refractivity contribution in [3.63, 3.8) is 0 Å². The van der Waals surface area contributed by atoms with Gasteiger partial charge in [-0.1, -0.05) is 11.6 Å². The van der Waals surface area contributed by atoms with Crippen molar-refractivity contribution in [2.75, 3.05) is 13.1 Å². The quantitative estimate of drug-likeness (QED) is 0.834. The molecule has 1 aliphatic rings. The van der Waals surface area contributed by atoms with Crippen LogP contribution in [0.15, 0.2) is 14.1 Å². The molecular weight excluding hydrogens is 360 g/mol. The minimum absolute atomic E-state index is 0.249. The summed E-state index contributed by atoms with van der Waals surface area (Å²) in [6, 6.07) is 1.90. The molecule has 0 bridgehead atoms. The molecule has 102 valence electrons. The molecule has 1 aromatic rings. The molecule has 1 aliphatic heterocycles. The minimum atomic E-state index is -3.43. The largest absolute Gasteiger partial charge is 0.314 e. The number of sulfonamides is 1. The first-order chi connectivity index (χ1) is 8.49. The van der Waals surface area contributed by atoms with Crippen molar-refractivity contribution >= 4 is 48.9 Å². The van der Waals surface area contributed by atoms with E-state index in [0.717, 1.165) is 30.7 Å². The summed E-state index contributed by atoms with van der Waals surface area (Å²) in [6.45, 7) is 1.48. The van der Waals surface area contributed by atoms with E-state index in [9.17, 15) is 8.42 Å². The van der Waals surface area contributed by atoms with Crippen LogP contribution in [0.3, 0.4) is 0 Å². The molecule has 4 nitrogen and oxygen atoms in total. The van der Waals surface area contributed by atoms with Crippen LogP contribution in [0.2, 0.25) is 5.02 Å². The van der Waals surface area contributed by atoms with Crippen molar-refractivity contribution in [2.45, 2.75) is 29.5 Å². The predicted molar refractivity (Wildman–Crippen MR) is 77.9 cm³/mol. The molecule has 1 fully saturated rings. The lowest BCUT2D eigenvalue weighted by Gasteiger charge is -2.10. The van der Waals surface area contributed by atoms with Crippen molar-refractivity contribution in [1.82, 2.24) is 10.0 Å². The van der Waals surface area contributed by atoms with Gasteiger partial charge >= 0.3 is 0 Å². The van der Waals surface area contributed by atoms with Gasteiger partial charge < -0.3 is 5.32 Å². The zero-order valence-corrected chi connectivity index (χ0v) is 13.6. The van der Waals surface area contributed by atoms with Crippen LogP contribution in [0.5, 0.6) is 0 Å². The van der Waals surface area contributed by atoms with Gasteiger partial charge in [0.2, 0.25) is 10.0 Å². The molecule has 0 saturated carbocycles. The molecule has 2 N–H and O–H groups in total. The molecule has 0 aromatic carbocycles. The van der Waals surface area contributed by atoms with Gasteiger partial charge in [-0.2, -0.15) is 0 Å². The van der Waals surface area contributed by atoms with E-state index >= 15 is 0 Å². The Balaban J connectivity index is 1.90. The van der Waals surface area contributed by atoms with E-state index in [0.29, 0.717) is 21.4 Å². The van der Waals surface area contributed by atoms with E-state index in [2.05, 4.69) is 26.0 Å². The van der Waals surface area contributed by atoms with Gasteiger partial charge in [0.15, 0.2) is 0 Å². The summed E-state index contributed by atoms with van der Waals surface area (Å²) in [7, 11) is -3.43. The number of hydrogen-bond donors (Lipinski definition) is 2. The third kappa shape index (κ3) is 3.68. The molecule has 2 heterocycles. The molecule has 1 aromatic heterocycles. The van der Waals surface area contributed by atoms with Crippen LogP contribution in [0.4, 0.5) is 0 Å². The molecular formula is C10H14BrClN2O2S2. The van der Waals surface area contributed by atoms with Crippen LogP contribution in [0, 0.1) is 0 Å². The molecule has 0 spiro atoms. The van der Waals surface area contributed by atoms with Crippen LogP contribution in [0.25, 0.3) is 0 Å². The third-order valence-electron chi connectivity index (χ3n) is 2.83. The fraction of sp³-hybridized carbons (Fsp3) is 0.600. The van der Waals surface area contributed by atoms with Crippen LogP contribution in [-0.4, -0.2) is 27.5 Å². The molecule has 0 aliphatic carbocycles. The van der Waals surface area contributed by atoms with Gasteiger partial charge in [0.25, 0.3) is 0 Å². The smallest absolute Gasteiger partial charge is 0.250 e. The second kappa shape index (κ2) is 6.19. The summed E-state index contributed by atoms with van der Waals surface area (Å²) in [4.78, 5) is 0. The highest BCUT2D eigenvalue weighted by molar-refractivity contribution is 9.11. The van der Waals surface area contributed by atoms with Crippen LogP contribution < -0.4 is 10.0 Å². The number of rotatable bonds is 5. The lowest BCUT2D eigenvalue weighted by Crippen LogP contribution is -2.30. The van der Waals surface area contributed by atoms with Crippen molar-refractivity contribution in [2.24, 2.45) is 0 Å². The Morgan fingerprint density at radius 1 is 1.61 bits per heavy atom. The van der Waals surface area contributed by atoms with Crippen molar-refractivity contribution in [1.29, 1.82) is 0 Å². The number of halogens is 2. The van der Waals surface area contributed by atoms with E-state index in [4.69, 9.17) is 11.6 Å². The van der Waals surface area contributed by atoms with Crippen LogP contribution in [-0.2, 0) is 10.0 Å². The molecule has 1 atom stereocenters. The van der Waals surface area contributed by atoms with E-state index in [1.807, 2.05) is 0 Å². The maximum Gasteiger partial charge on any atom is 0.250 e. The van der Waals surface area contributed by atoms with Gasteiger partial charge in [-0.05, 0) is 47.8 Å². The summed E-state index contributed by atoms with van der Waals surface area (Å²) in [5.74, 6) is 0. The molecule has 18 heavy (non-hydrogen) atoms. The maximum atomic E-state index is 12.0. The highest BCUT2D eigenvalue weighted by Crippen LogP contribution is 2.34. The molecule has 2 rings (SSSR count). The molecule has 0 radical (unpaired) electrons. The Labute approximate surface area is 124 Å². The van der Waals surface area contributed by atoms with E-state index in [-0.39, 0.29) is 4.21 Å². The zero-order valence-electron chi connectivity index (χ0n) is 9.58. The zero-order chi connectivity index (χ0) is 13.2. The Hall–Kier alpha value is 0.340. The molecule has 1 unspecified atom stereocenters. The monoisotopic (exact) mass is 372 g/mol. The average Bonchev–Trinajstić information content (AvgIpc) is 2.90. The molecule has 8 heteroatoms. The molecule has 0 amide bonds. The second-order valence-electron chi connectivity index (χ2n) is 4.17. The number of hydrogen-bond acceptors (Lipinski definition) is 4. The Kier molecular flexibility index (Phi) is 5.07. The van der Waals surface area contributed by atoms with Gasteiger partial charge in [0.05, 0.1) is 8.81 Å². The van der Waals surface area contributed by atoms with E-state index in [1.165, 1.54) is 12.5 Å². The first-order valence-electron chi connectivity index (χ1n) is 5.67. The highest BCUT2D eigenvalue weighted by Gasteiger charge is 2.20. The Morgan fingerprint density at radius 3 is 2.94 bits per heavy atom. The topological polar surface area (TPSA) is 58.2 Å². The number of nitrogens with one attached hydrogen (secondary N) is 2.